The minimum Gasteiger partial charge on any atom is -0.484 e. The second-order valence-corrected chi connectivity index (χ2v) is 5.92. The summed E-state index contributed by atoms with van der Waals surface area (Å²) in [5.74, 6) is 0.547. The van der Waals surface area contributed by atoms with Gasteiger partial charge >= 0.3 is 0 Å². The summed E-state index contributed by atoms with van der Waals surface area (Å²) in [7, 11) is 0. The molecule has 1 rings (SSSR count). The van der Waals surface area contributed by atoms with E-state index in [1.807, 2.05) is 24.3 Å². The first-order valence-corrected chi connectivity index (χ1v) is 8.33. The largest absolute Gasteiger partial charge is 0.484 e. The number of hydrogen-bond donors (Lipinski definition) is 2. The molecule has 23 heavy (non-hydrogen) atoms. The number of ether oxygens (including phenoxy) is 1. The van der Waals surface area contributed by atoms with Crippen LogP contribution < -0.4 is 15.6 Å². The average molecular weight is 320 g/mol. The highest BCUT2D eigenvalue weighted by Crippen LogP contribution is 2.18. The molecule has 1 aromatic rings. The summed E-state index contributed by atoms with van der Waals surface area (Å²) in [6.07, 6.45) is 4.57. The summed E-state index contributed by atoms with van der Waals surface area (Å²) in [4.78, 5) is 23.1. The molecule has 2 amide bonds. The fourth-order valence-electron chi connectivity index (χ4n) is 2.05. The van der Waals surface area contributed by atoms with E-state index < -0.39 is 0 Å². The van der Waals surface area contributed by atoms with Crippen molar-refractivity contribution in [3.63, 3.8) is 0 Å². The Bertz CT molecular complexity index is 484. The number of benzene rings is 1. The van der Waals surface area contributed by atoms with Crippen LogP contribution in [0, 0.1) is 0 Å². The monoisotopic (exact) mass is 320 g/mol. The molecule has 2 N–H and O–H groups in total. The summed E-state index contributed by atoms with van der Waals surface area (Å²) in [6.45, 7) is 6.23. The normalized spacial score (nSPS) is 10.4. The van der Waals surface area contributed by atoms with E-state index >= 15 is 0 Å². The maximum atomic E-state index is 11.6. The Morgan fingerprint density at radius 1 is 1.00 bits per heavy atom. The van der Waals surface area contributed by atoms with Gasteiger partial charge in [0.1, 0.15) is 5.75 Å². The van der Waals surface area contributed by atoms with Crippen LogP contribution in [-0.2, 0) is 9.59 Å². The molecule has 0 saturated heterocycles. The lowest BCUT2D eigenvalue weighted by Crippen LogP contribution is -2.43. The Kier molecular flexibility index (Phi) is 8.80. The van der Waals surface area contributed by atoms with Crippen LogP contribution in [0.2, 0.25) is 0 Å². The van der Waals surface area contributed by atoms with Gasteiger partial charge in [-0.15, -0.1) is 0 Å². The van der Waals surface area contributed by atoms with E-state index in [-0.39, 0.29) is 18.4 Å². The number of amides is 2. The van der Waals surface area contributed by atoms with Crippen molar-refractivity contribution in [1.29, 1.82) is 0 Å². The highest BCUT2D eigenvalue weighted by atomic mass is 16.5. The van der Waals surface area contributed by atoms with Gasteiger partial charge < -0.3 is 4.74 Å². The molecule has 0 bridgehead atoms. The van der Waals surface area contributed by atoms with Gasteiger partial charge in [0.15, 0.2) is 6.61 Å². The minimum absolute atomic E-state index is 0.128. The Hall–Kier alpha value is -2.04. The molecule has 5 heteroatoms. The molecule has 0 saturated carbocycles. The van der Waals surface area contributed by atoms with Gasteiger partial charge in [-0.2, -0.15) is 0 Å². The van der Waals surface area contributed by atoms with Gasteiger partial charge in [0.2, 0.25) is 5.91 Å². The molecule has 0 aliphatic heterocycles. The van der Waals surface area contributed by atoms with E-state index in [9.17, 15) is 9.59 Å². The Morgan fingerprint density at radius 2 is 1.65 bits per heavy atom. The topological polar surface area (TPSA) is 67.4 Å². The van der Waals surface area contributed by atoms with Crippen LogP contribution in [0.25, 0.3) is 0 Å². The maximum Gasteiger partial charge on any atom is 0.276 e. The summed E-state index contributed by atoms with van der Waals surface area (Å²) in [6, 6.07) is 7.65. The summed E-state index contributed by atoms with van der Waals surface area (Å²) in [5.41, 5.74) is 5.98. The van der Waals surface area contributed by atoms with Crippen LogP contribution >= 0.6 is 0 Å². The number of hydrazine groups is 1. The number of rotatable bonds is 9. The standard InChI is InChI=1S/C18H28N2O3/c1-4-5-6-7-8-17(21)19-20-18(22)13-23-16-11-9-15(10-12-16)14(2)3/h9-12,14H,4-8,13H2,1-3H3,(H,19,21)(H,20,22). The van der Waals surface area contributed by atoms with Crippen LogP contribution in [-0.4, -0.2) is 18.4 Å². The zero-order chi connectivity index (χ0) is 17.1. The van der Waals surface area contributed by atoms with Crippen molar-refractivity contribution in [2.45, 2.75) is 58.8 Å². The van der Waals surface area contributed by atoms with Gasteiger partial charge in [0.05, 0.1) is 0 Å². The number of hydrogen-bond acceptors (Lipinski definition) is 3. The average Bonchev–Trinajstić information content (AvgIpc) is 2.55. The highest BCUT2D eigenvalue weighted by molar-refractivity contribution is 5.82. The van der Waals surface area contributed by atoms with Crippen LogP contribution in [0.15, 0.2) is 24.3 Å². The summed E-state index contributed by atoms with van der Waals surface area (Å²) in [5, 5.41) is 0. The fourth-order valence-corrected chi connectivity index (χ4v) is 2.05. The molecule has 0 aromatic heterocycles. The third-order valence-electron chi connectivity index (χ3n) is 3.52. The number of unbranched alkanes of at least 4 members (excludes halogenated alkanes) is 3. The van der Waals surface area contributed by atoms with Crippen molar-refractivity contribution in [1.82, 2.24) is 10.9 Å². The summed E-state index contributed by atoms with van der Waals surface area (Å²) >= 11 is 0. The second kappa shape index (κ2) is 10.6. The van der Waals surface area contributed by atoms with Gasteiger partial charge in [0, 0.05) is 6.42 Å². The smallest absolute Gasteiger partial charge is 0.276 e. The SMILES string of the molecule is CCCCCCC(=O)NNC(=O)COc1ccc(C(C)C)cc1. The van der Waals surface area contributed by atoms with Crippen LogP contribution in [0.5, 0.6) is 5.75 Å². The Balaban J connectivity index is 2.20. The van der Waals surface area contributed by atoms with Crippen molar-refractivity contribution in [3.05, 3.63) is 29.8 Å². The van der Waals surface area contributed by atoms with Crippen molar-refractivity contribution < 1.29 is 14.3 Å². The Morgan fingerprint density at radius 3 is 2.26 bits per heavy atom. The first-order chi connectivity index (χ1) is 11.0. The van der Waals surface area contributed by atoms with Crippen molar-refractivity contribution in [2.24, 2.45) is 0 Å². The lowest BCUT2D eigenvalue weighted by molar-refractivity contribution is -0.130. The molecule has 0 heterocycles. The minimum atomic E-state index is -0.375. The van der Waals surface area contributed by atoms with E-state index in [1.54, 1.807) is 0 Å². The third-order valence-corrected chi connectivity index (χ3v) is 3.52. The van der Waals surface area contributed by atoms with E-state index in [0.717, 1.165) is 25.7 Å². The zero-order valence-corrected chi connectivity index (χ0v) is 14.4. The molecule has 0 radical (unpaired) electrons. The predicted octanol–water partition coefficient (Wildman–Crippen LogP) is 3.31. The molecule has 0 atom stereocenters. The lowest BCUT2D eigenvalue weighted by atomic mass is 10.0. The summed E-state index contributed by atoms with van der Waals surface area (Å²) < 4.78 is 5.38. The van der Waals surface area contributed by atoms with E-state index in [2.05, 4.69) is 31.6 Å². The zero-order valence-electron chi connectivity index (χ0n) is 14.4. The molecule has 0 aliphatic carbocycles. The molecule has 5 nitrogen and oxygen atoms in total. The number of carbonyl (C=O) groups excluding carboxylic acids is 2. The van der Waals surface area contributed by atoms with Crippen molar-refractivity contribution in [2.75, 3.05) is 6.61 Å². The Labute approximate surface area is 138 Å². The van der Waals surface area contributed by atoms with Crippen LogP contribution in [0.4, 0.5) is 0 Å². The molecule has 1 aromatic carbocycles. The molecular formula is C18H28N2O3. The van der Waals surface area contributed by atoms with Crippen LogP contribution in [0.1, 0.15) is 64.4 Å². The molecule has 0 spiro atoms. The third kappa shape index (κ3) is 8.24. The fraction of sp³-hybridized carbons (Fsp3) is 0.556. The van der Waals surface area contributed by atoms with E-state index in [0.29, 0.717) is 18.1 Å². The van der Waals surface area contributed by atoms with E-state index in [4.69, 9.17) is 4.74 Å². The van der Waals surface area contributed by atoms with Gasteiger partial charge in [-0.25, -0.2) is 0 Å². The highest BCUT2D eigenvalue weighted by Gasteiger charge is 2.06. The van der Waals surface area contributed by atoms with Crippen molar-refractivity contribution >= 4 is 11.8 Å². The van der Waals surface area contributed by atoms with Gasteiger partial charge in [-0.1, -0.05) is 52.2 Å². The number of carbonyl (C=O) groups is 2. The number of nitrogens with one attached hydrogen (secondary N) is 2. The second-order valence-electron chi connectivity index (χ2n) is 5.92. The molecule has 0 aliphatic rings. The van der Waals surface area contributed by atoms with Crippen LogP contribution in [0.3, 0.4) is 0 Å². The molecule has 128 valence electrons. The van der Waals surface area contributed by atoms with Gasteiger partial charge in [-0.3, -0.25) is 20.4 Å². The first-order valence-electron chi connectivity index (χ1n) is 8.33. The predicted molar refractivity (Wildman–Crippen MR) is 91.1 cm³/mol. The maximum absolute atomic E-state index is 11.6. The van der Waals surface area contributed by atoms with Crippen molar-refractivity contribution in [3.8, 4) is 5.75 Å². The van der Waals surface area contributed by atoms with E-state index in [1.165, 1.54) is 5.56 Å². The van der Waals surface area contributed by atoms with Gasteiger partial charge in [-0.05, 0) is 30.0 Å². The lowest BCUT2D eigenvalue weighted by Gasteiger charge is -2.10. The first kappa shape index (κ1) is 19.0. The molecule has 0 unspecified atom stereocenters. The molecular weight excluding hydrogens is 292 g/mol. The quantitative estimate of drug-likeness (QED) is 0.542. The van der Waals surface area contributed by atoms with Gasteiger partial charge in [0.25, 0.3) is 5.91 Å². The molecule has 0 fully saturated rings.